The van der Waals surface area contributed by atoms with E-state index in [-0.39, 0.29) is 6.42 Å². The number of aliphatic hydroxyl groups excluding tert-OH is 1. The minimum atomic E-state index is -0.842. The molecule has 0 spiro atoms. The molecule has 0 amide bonds. The van der Waals surface area contributed by atoms with Crippen LogP contribution in [0.15, 0.2) is 77.6 Å². The van der Waals surface area contributed by atoms with E-state index in [1.54, 1.807) is 17.2 Å². The summed E-state index contributed by atoms with van der Waals surface area (Å²) in [5, 5.41) is 20.8. The van der Waals surface area contributed by atoms with Crippen LogP contribution in [0.25, 0.3) is 5.57 Å². The van der Waals surface area contributed by atoms with Crippen LogP contribution >= 0.6 is 0 Å². The molecule has 3 unspecified atom stereocenters. The normalized spacial score (nSPS) is 23.8. The van der Waals surface area contributed by atoms with Crippen molar-refractivity contribution in [1.82, 2.24) is 5.01 Å². The van der Waals surface area contributed by atoms with Crippen LogP contribution in [0.3, 0.4) is 0 Å². The first kappa shape index (κ1) is 23.3. The molecule has 0 saturated heterocycles. The molecule has 3 rings (SSSR count). The maximum absolute atomic E-state index is 10.7. The van der Waals surface area contributed by atoms with Crippen LogP contribution in [0, 0.1) is 17.8 Å². The molecule has 0 aliphatic carbocycles. The van der Waals surface area contributed by atoms with Crippen molar-refractivity contribution in [2.24, 2.45) is 16.8 Å². The summed E-state index contributed by atoms with van der Waals surface area (Å²) in [6.45, 7) is 6.47. The predicted molar refractivity (Wildman–Crippen MR) is 127 cm³/mol. The van der Waals surface area contributed by atoms with Gasteiger partial charge in [-0.25, -0.2) is 5.84 Å². The van der Waals surface area contributed by atoms with E-state index in [1.807, 2.05) is 36.5 Å². The van der Waals surface area contributed by atoms with Gasteiger partial charge in [-0.2, -0.15) is 0 Å². The first-order chi connectivity index (χ1) is 15.4. The molecule has 4 N–H and O–H groups in total. The number of aliphatic carboxylic acids is 1. The first-order valence-electron chi connectivity index (χ1n) is 10.7. The van der Waals surface area contributed by atoms with Crippen LogP contribution in [0.1, 0.15) is 38.2 Å². The lowest BCUT2D eigenvalue weighted by Gasteiger charge is -2.30. The van der Waals surface area contributed by atoms with Gasteiger partial charge in [-0.3, -0.25) is 14.8 Å². The maximum atomic E-state index is 10.7. The standard InChI is InChI=1S/C26H29N3O3/c1-18-15-16-29(27)23(17-18)26(19(2)20-9-5-3-6-10-20)22-13-14-24(30)21(28-22)11-7-4-8-12-25(31)32/h3,5-6,9-10,13-16,18,21,24,30H,2,4,8,12,17,27H2,1H3,(H,31,32)/b26-23+. The number of nitrogens with two attached hydrogens (primary N) is 1. The van der Waals surface area contributed by atoms with Gasteiger partial charge in [0.05, 0.1) is 5.71 Å². The third-order valence-corrected chi connectivity index (χ3v) is 5.37. The molecule has 0 fully saturated rings. The molecule has 1 aromatic rings. The van der Waals surface area contributed by atoms with Gasteiger partial charge < -0.3 is 10.2 Å². The lowest BCUT2D eigenvalue weighted by molar-refractivity contribution is -0.137. The van der Waals surface area contributed by atoms with Crippen molar-refractivity contribution < 1.29 is 15.0 Å². The third-order valence-electron chi connectivity index (χ3n) is 5.37. The molecule has 6 heteroatoms. The number of hydrazine groups is 1. The molecule has 1 aromatic carbocycles. The SMILES string of the molecule is C=C(/C(C1=NC(C#CCCCC(=O)O)C(O)C=C1)=C1/CC(C)C=CN1N)c1ccccc1. The number of benzene rings is 1. The van der Waals surface area contributed by atoms with Crippen LogP contribution in [-0.2, 0) is 4.79 Å². The Labute approximate surface area is 189 Å². The smallest absolute Gasteiger partial charge is 0.303 e. The van der Waals surface area contributed by atoms with Gasteiger partial charge in [0.15, 0.2) is 0 Å². The van der Waals surface area contributed by atoms with Crippen molar-refractivity contribution in [3.63, 3.8) is 0 Å². The molecule has 166 valence electrons. The number of aliphatic imine (C=N–C) groups is 1. The molecule has 0 bridgehead atoms. The largest absolute Gasteiger partial charge is 0.481 e. The second-order valence-electron chi connectivity index (χ2n) is 7.97. The van der Waals surface area contributed by atoms with Gasteiger partial charge >= 0.3 is 5.97 Å². The third kappa shape index (κ3) is 5.85. The second-order valence-corrected chi connectivity index (χ2v) is 7.97. The van der Waals surface area contributed by atoms with Crippen LogP contribution < -0.4 is 5.84 Å². The highest BCUT2D eigenvalue weighted by molar-refractivity contribution is 6.19. The van der Waals surface area contributed by atoms with E-state index < -0.39 is 18.1 Å². The number of dihydropyridines is 1. The number of unbranched alkanes of at least 4 members (excludes halogenated alkanes) is 1. The van der Waals surface area contributed by atoms with E-state index in [1.165, 1.54) is 0 Å². The highest BCUT2D eigenvalue weighted by Gasteiger charge is 2.26. The molecule has 0 aromatic heterocycles. The average Bonchev–Trinajstić information content (AvgIpc) is 2.78. The summed E-state index contributed by atoms with van der Waals surface area (Å²) < 4.78 is 0. The van der Waals surface area contributed by atoms with Crippen molar-refractivity contribution in [1.29, 1.82) is 0 Å². The molecular weight excluding hydrogens is 402 g/mol. The minimum Gasteiger partial charge on any atom is -0.481 e. The quantitative estimate of drug-likeness (QED) is 0.363. The number of carboxylic acids is 1. The Balaban J connectivity index is 1.98. The number of hydrogen-bond donors (Lipinski definition) is 3. The van der Waals surface area contributed by atoms with E-state index in [2.05, 4.69) is 31.4 Å². The fraction of sp³-hybridized carbons (Fsp3) is 0.308. The highest BCUT2D eigenvalue weighted by atomic mass is 16.4. The first-order valence-corrected chi connectivity index (χ1v) is 10.7. The molecule has 2 aliphatic heterocycles. The summed E-state index contributed by atoms with van der Waals surface area (Å²) in [7, 11) is 0. The van der Waals surface area contributed by atoms with Gasteiger partial charge in [-0.15, -0.1) is 5.92 Å². The van der Waals surface area contributed by atoms with E-state index in [0.717, 1.165) is 28.8 Å². The van der Waals surface area contributed by atoms with Gasteiger partial charge in [-0.1, -0.05) is 61.9 Å². The van der Waals surface area contributed by atoms with Gasteiger partial charge in [-0.05, 0) is 36.0 Å². The summed E-state index contributed by atoms with van der Waals surface area (Å²) in [5.74, 6) is 11.7. The van der Waals surface area contributed by atoms with E-state index in [9.17, 15) is 9.90 Å². The molecule has 32 heavy (non-hydrogen) atoms. The lowest BCUT2D eigenvalue weighted by Crippen LogP contribution is -2.32. The number of carboxylic acid groups (broad SMARTS) is 1. The summed E-state index contributed by atoms with van der Waals surface area (Å²) in [5.41, 5.74) is 4.16. The summed E-state index contributed by atoms with van der Waals surface area (Å²) in [6.07, 6.45) is 8.25. The monoisotopic (exact) mass is 431 g/mol. The number of carbonyl (C=O) groups is 1. The Morgan fingerprint density at radius 1 is 1.31 bits per heavy atom. The zero-order chi connectivity index (χ0) is 23.1. The number of hydrogen-bond acceptors (Lipinski definition) is 5. The number of aliphatic hydroxyl groups is 1. The summed E-state index contributed by atoms with van der Waals surface area (Å²) in [4.78, 5) is 15.4. The predicted octanol–water partition coefficient (Wildman–Crippen LogP) is 3.68. The fourth-order valence-electron chi connectivity index (χ4n) is 3.63. The van der Waals surface area contributed by atoms with Crippen molar-refractivity contribution in [3.8, 4) is 11.8 Å². The fourth-order valence-corrected chi connectivity index (χ4v) is 3.63. The van der Waals surface area contributed by atoms with E-state index in [4.69, 9.17) is 15.9 Å². The molecule has 0 saturated carbocycles. The molecular formula is C26H29N3O3. The Hall–Kier alpha value is -3.40. The number of nitrogens with zero attached hydrogens (tertiary/aromatic N) is 2. The zero-order valence-electron chi connectivity index (χ0n) is 18.2. The van der Waals surface area contributed by atoms with Gasteiger partial charge in [0, 0.05) is 30.3 Å². The maximum Gasteiger partial charge on any atom is 0.303 e. The molecule has 3 atom stereocenters. The van der Waals surface area contributed by atoms with Crippen molar-refractivity contribution in [2.45, 2.75) is 44.8 Å². The lowest BCUT2D eigenvalue weighted by atomic mass is 9.88. The molecule has 2 heterocycles. The summed E-state index contributed by atoms with van der Waals surface area (Å²) >= 11 is 0. The zero-order valence-corrected chi connectivity index (χ0v) is 18.2. The average molecular weight is 432 g/mol. The van der Waals surface area contributed by atoms with Crippen molar-refractivity contribution in [2.75, 3.05) is 0 Å². The molecule has 0 radical (unpaired) electrons. The Morgan fingerprint density at radius 3 is 2.78 bits per heavy atom. The van der Waals surface area contributed by atoms with Crippen LogP contribution in [0.5, 0.6) is 0 Å². The van der Waals surface area contributed by atoms with Gasteiger partial charge in [0.2, 0.25) is 0 Å². The highest BCUT2D eigenvalue weighted by Crippen LogP contribution is 2.33. The van der Waals surface area contributed by atoms with E-state index >= 15 is 0 Å². The number of rotatable bonds is 6. The summed E-state index contributed by atoms with van der Waals surface area (Å²) in [6, 6.07) is 9.22. The van der Waals surface area contributed by atoms with Crippen molar-refractivity contribution in [3.05, 3.63) is 78.2 Å². The van der Waals surface area contributed by atoms with Crippen LogP contribution in [-0.4, -0.2) is 39.0 Å². The molecule has 2 aliphatic rings. The van der Waals surface area contributed by atoms with Crippen LogP contribution in [0.2, 0.25) is 0 Å². The Kier molecular flexibility index (Phi) is 7.82. The Morgan fingerprint density at radius 2 is 2.06 bits per heavy atom. The minimum absolute atomic E-state index is 0.0709. The van der Waals surface area contributed by atoms with E-state index in [0.29, 0.717) is 24.5 Å². The van der Waals surface area contributed by atoms with Crippen LogP contribution in [0.4, 0.5) is 0 Å². The Bertz CT molecular complexity index is 1040. The van der Waals surface area contributed by atoms with Gasteiger partial charge in [0.25, 0.3) is 0 Å². The number of allylic oxidation sites excluding steroid dienone is 5. The van der Waals surface area contributed by atoms with Gasteiger partial charge in [0.1, 0.15) is 12.1 Å². The topological polar surface area (TPSA) is 99.1 Å². The second kappa shape index (κ2) is 10.8. The molecule has 6 nitrogen and oxygen atoms in total. The van der Waals surface area contributed by atoms with Crippen molar-refractivity contribution >= 4 is 17.3 Å².